The molecule has 2 saturated heterocycles. The summed E-state index contributed by atoms with van der Waals surface area (Å²) >= 11 is 0. The highest BCUT2D eigenvalue weighted by Gasteiger charge is 2.42. The minimum Gasteiger partial charge on any atom is -0.361 e. The van der Waals surface area contributed by atoms with E-state index in [-0.39, 0.29) is 35.1 Å². The molecule has 1 N–H and O–H groups in total. The molecule has 2 aromatic carbocycles. The van der Waals surface area contributed by atoms with Gasteiger partial charge in [0.15, 0.2) is 5.78 Å². The van der Waals surface area contributed by atoms with Crippen molar-refractivity contribution in [2.75, 3.05) is 29.9 Å². The average Bonchev–Trinajstić information content (AvgIpc) is 3.51. The first-order valence-corrected chi connectivity index (χ1v) is 14.1. The van der Waals surface area contributed by atoms with Crippen LogP contribution in [0.3, 0.4) is 0 Å². The molecule has 3 heterocycles. The van der Waals surface area contributed by atoms with Gasteiger partial charge < -0.3 is 15.1 Å². The molecule has 0 bridgehead atoms. The van der Waals surface area contributed by atoms with Crippen LogP contribution in [0.4, 0.5) is 33.7 Å². The van der Waals surface area contributed by atoms with E-state index in [0.29, 0.717) is 50.9 Å². The summed E-state index contributed by atoms with van der Waals surface area (Å²) in [5.41, 5.74) is 0.791. The number of ketones is 1. The van der Waals surface area contributed by atoms with Crippen molar-refractivity contribution >= 4 is 23.2 Å². The van der Waals surface area contributed by atoms with Crippen LogP contribution in [-0.2, 0) is 6.18 Å². The Morgan fingerprint density at radius 2 is 1.61 bits per heavy atom. The molecule has 1 atom stereocenters. The molecular weight excluding hydrogens is 538 g/mol. The molecule has 1 aromatic heterocycles. The van der Waals surface area contributed by atoms with E-state index in [1.165, 1.54) is 24.3 Å². The molecule has 1 aliphatic carbocycles. The topological polar surface area (TPSA) is 70.5 Å². The summed E-state index contributed by atoms with van der Waals surface area (Å²) in [5.74, 6) is -0.494. The molecule has 1 saturated carbocycles. The summed E-state index contributed by atoms with van der Waals surface area (Å²) < 4.78 is 57.2. The fourth-order valence-electron chi connectivity index (χ4n) is 6.16. The SMILES string of the molecule is O=C(c1cnn(C2CCN(C(=O)Nc3ccccc3F)CC2)c1C1CC1)C1CCCN1c1ccccc1C(F)(F)F. The van der Waals surface area contributed by atoms with Crippen molar-refractivity contribution in [2.45, 2.75) is 62.7 Å². The number of benzene rings is 2. The molecule has 11 heteroatoms. The highest BCUT2D eigenvalue weighted by molar-refractivity contribution is 6.03. The number of carbonyl (C=O) groups is 2. The normalized spacial score (nSPS) is 20.0. The van der Waals surface area contributed by atoms with Crippen molar-refractivity contribution in [3.8, 4) is 0 Å². The molecule has 7 nitrogen and oxygen atoms in total. The van der Waals surface area contributed by atoms with E-state index in [4.69, 9.17) is 0 Å². The van der Waals surface area contributed by atoms with Gasteiger partial charge in [-0.1, -0.05) is 24.3 Å². The number of amides is 2. The van der Waals surface area contributed by atoms with Gasteiger partial charge in [0.05, 0.1) is 40.8 Å². The first-order valence-electron chi connectivity index (χ1n) is 14.1. The number of rotatable bonds is 6. The number of Topliss-reactive ketones (excluding diaryl/α,β-unsaturated/α-hetero) is 1. The Kier molecular flexibility index (Phi) is 7.21. The summed E-state index contributed by atoms with van der Waals surface area (Å²) in [6, 6.07) is 10.4. The van der Waals surface area contributed by atoms with Crippen LogP contribution in [0.1, 0.15) is 72.1 Å². The highest BCUT2D eigenvalue weighted by Crippen LogP contribution is 2.45. The Morgan fingerprint density at radius 1 is 0.902 bits per heavy atom. The van der Waals surface area contributed by atoms with Gasteiger partial charge in [0.2, 0.25) is 0 Å². The molecule has 3 aliphatic rings. The number of halogens is 4. The fourth-order valence-corrected chi connectivity index (χ4v) is 6.16. The van der Waals surface area contributed by atoms with Crippen LogP contribution in [0.2, 0.25) is 0 Å². The molecule has 1 unspecified atom stereocenters. The van der Waals surface area contributed by atoms with Crippen LogP contribution in [0.25, 0.3) is 0 Å². The third-order valence-corrected chi connectivity index (χ3v) is 8.35. The number of likely N-dealkylation sites (tertiary alicyclic amines) is 1. The quantitative estimate of drug-likeness (QED) is 0.267. The number of urea groups is 1. The van der Waals surface area contributed by atoms with Gasteiger partial charge in [-0.05, 0) is 62.8 Å². The zero-order valence-corrected chi connectivity index (χ0v) is 22.4. The molecule has 2 aliphatic heterocycles. The molecule has 3 fully saturated rings. The predicted octanol–water partition coefficient (Wildman–Crippen LogP) is 6.64. The van der Waals surface area contributed by atoms with Crippen LogP contribution >= 0.6 is 0 Å². The lowest BCUT2D eigenvalue weighted by Gasteiger charge is -2.33. The van der Waals surface area contributed by atoms with Crippen molar-refractivity contribution in [2.24, 2.45) is 0 Å². The number of anilines is 2. The molecule has 0 spiro atoms. The van der Waals surface area contributed by atoms with Crippen molar-refractivity contribution in [3.63, 3.8) is 0 Å². The maximum atomic E-state index is 14.0. The van der Waals surface area contributed by atoms with E-state index in [1.54, 1.807) is 34.2 Å². The number of carbonyl (C=O) groups excluding carboxylic acids is 2. The Balaban J connectivity index is 1.19. The van der Waals surface area contributed by atoms with Crippen LogP contribution in [0.5, 0.6) is 0 Å². The van der Waals surface area contributed by atoms with E-state index in [2.05, 4.69) is 10.4 Å². The second-order valence-electron chi connectivity index (χ2n) is 11.0. The second-order valence-corrected chi connectivity index (χ2v) is 11.0. The van der Waals surface area contributed by atoms with E-state index in [9.17, 15) is 27.2 Å². The van der Waals surface area contributed by atoms with Gasteiger partial charge in [0.25, 0.3) is 0 Å². The van der Waals surface area contributed by atoms with Crippen molar-refractivity contribution in [1.82, 2.24) is 14.7 Å². The van der Waals surface area contributed by atoms with Gasteiger partial charge in [-0.25, -0.2) is 9.18 Å². The first-order chi connectivity index (χ1) is 19.7. The van der Waals surface area contributed by atoms with Gasteiger partial charge in [0, 0.05) is 31.2 Å². The zero-order valence-electron chi connectivity index (χ0n) is 22.4. The summed E-state index contributed by atoms with van der Waals surface area (Å²) in [5, 5.41) is 7.25. The van der Waals surface area contributed by atoms with Crippen molar-refractivity contribution in [3.05, 3.63) is 77.4 Å². The monoisotopic (exact) mass is 569 g/mol. The summed E-state index contributed by atoms with van der Waals surface area (Å²) in [6.45, 7) is 1.27. The lowest BCUT2D eigenvalue weighted by Crippen LogP contribution is -2.42. The molecule has 41 heavy (non-hydrogen) atoms. The number of para-hydroxylation sites is 2. The standard InChI is InChI=1S/C30H31F4N5O2/c31-23-7-2-3-8-24(23)36-29(41)37-16-13-20(14-17-37)39-27(19-11-12-19)21(18-35-39)28(40)26-10-5-15-38(26)25-9-4-1-6-22(25)30(32,33)34/h1-4,6-9,18-20,26H,5,10-17H2,(H,36,41). The highest BCUT2D eigenvalue weighted by atomic mass is 19.4. The van der Waals surface area contributed by atoms with E-state index in [1.807, 2.05) is 4.68 Å². The number of nitrogens with one attached hydrogen (secondary N) is 1. The summed E-state index contributed by atoms with van der Waals surface area (Å²) in [7, 11) is 0. The third kappa shape index (κ3) is 5.41. The number of aromatic nitrogens is 2. The number of nitrogens with zero attached hydrogens (tertiary/aromatic N) is 4. The van der Waals surface area contributed by atoms with Gasteiger partial charge in [0.1, 0.15) is 5.82 Å². The Morgan fingerprint density at radius 3 is 2.32 bits per heavy atom. The van der Waals surface area contributed by atoms with Crippen LogP contribution < -0.4 is 10.2 Å². The number of hydrogen-bond donors (Lipinski definition) is 1. The number of piperidine rings is 1. The van der Waals surface area contributed by atoms with Crippen molar-refractivity contribution < 1.29 is 27.2 Å². The molecule has 0 radical (unpaired) electrons. The Labute approximate surface area is 235 Å². The fraction of sp³-hybridized carbons (Fsp3) is 0.433. The Bertz CT molecular complexity index is 1440. The zero-order chi connectivity index (χ0) is 28.7. The maximum Gasteiger partial charge on any atom is 0.418 e. The molecule has 2 amide bonds. The molecule has 6 rings (SSSR count). The minimum absolute atomic E-state index is 0.0182. The maximum absolute atomic E-state index is 14.0. The lowest BCUT2D eigenvalue weighted by atomic mass is 9.98. The van der Waals surface area contributed by atoms with E-state index >= 15 is 0 Å². The number of hydrogen-bond acceptors (Lipinski definition) is 4. The van der Waals surface area contributed by atoms with Crippen LogP contribution in [0, 0.1) is 5.82 Å². The summed E-state index contributed by atoms with van der Waals surface area (Å²) in [4.78, 5) is 29.9. The van der Waals surface area contributed by atoms with Gasteiger partial charge in [-0.3, -0.25) is 9.48 Å². The van der Waals surface area contributed by atoms with E-state index < -0.39 is 23.6 Å². The first kappa shape index (κ1) is 27.3. The van der Waals surface area contributed by atoms with Gasteiger partial charge in [-0.2, -0.15) is 18.3 Å². The molecule has 216 valence electrons. The number of alkyl halides is 3. The van der Waals surface area contributed by atoms with Crippen LogP contribution in [0.15, 0.2) is 54.7 Å². The van der Waals surface area contributed by atoms with E-state index in [0.717, 1.165) is 24.6 Å². The molecule has 3 aromatic rings. The van der Waals surface area contributed by atoms with Crippen molar-refractivity contribution in [1.29, 1.82) is 0 Å². The van der Waals surface area contributed by atoms with Crippen LogP contribution in [-0.4, -0.2) is 52.2 Å². The predicted molar refractivity (Wildman–Crippen MR) is 146 cm³/mol. The van der Waals surface area contributed by atoms with Gasteiger partial charge in [-0.15, -0.1) is 0 Å². The average molecular weight is 570 g/mol. The minimum atomic E-state index is -4.52. The summed E-state index contributed by atoms with van der Waals surface area (Å²) in [6.07, 6.45) is 1.28. The third-order valence-electron chi connectivity index (χ3n) is 8.35. The molecular formula is C30H31F4N5O2. The second kappa shape index (κ2) is 10.8. The smallest absolute Gasteiger partial charge is 0.361 e. The van der Waals surface area contributed by atoms with Gasteiger partial charge >= 0.3 is 12.2 Å². The largest absolute Gasteiger partial charge is 0.418 e. The Hall–Kier alpha value is -3.89. The lowest BCUT2D eigenvalue weighted by molar-refractivity contribution is -0.137.